The first kappa shape index (κ1) is 23.4. The molecule has 10 atom stereocenters. The molecule has 11 nitrogen and oxygen atoms in total. The first-order valence-electron chi connectivity index (χ1n) is 9.60. The van der Waals surface area contributed by atoms with Crippen LogP contribution in [0.1, 0.15) is 5.56 Å². The van der Waals surface area contributed by atoms with Gasteiger partial charge in [0.1, 0.15) is 48.8 Å². The molecule has 170 valence electrons. The molecule has 0 aliphatic carbocycles. The maximum Gasteiger partial charge on any atom is 0.189 e. The number of aliphatic hydroxyl groups excluding tert-OH is 7. The summed E-state index contributed by atoms with van der Waals surface area (Å²) in [6, 6.07) is 9.24. The van der Waals surface area contributed by atoms with Crippen molar-refractivity contribution in [3.8, 4) is 0 Å². The summed E-state index contributed by atoms with van der Waals surface area (Å²) in [6.45, 7) is -0.561. The van der Waals surface area contributed by atoms with Crippen LogP contribution >= 0.6 is 0 Å². The van der Waals surface area contributed by atoms with Crippen LogP contribution in [0.15, 0.2) is 30.3 Å². The molecule has 30 heavy (non-hydrogen) atoms. The summed E-state index contributed by atoms with van der Waals surface area (Å²) in [4.78, 5) is 0. The standard InChI is InChI=1S/C19H28O11/c20-6-10-12(21)14(23)16(25)18(28-10)30-19-17(26)15(24)13(22)11(29-19)8-27-7-9-4-2-1-3-5-9/h1-5,10-26H,6-8H2/t10-,11-,12-,13-,14+,15+,16-,17-,18-,19-/m1/s1. The Morgan fingerprint density at radius 3 is 1.80 bits per heavy atom. The predicted molar refractivity (Wildman–Crippen MR) is 97.6 cm³/mol. The van der Waals surface area contributed by atoms with Gasteiger partial charge in [-0.1, -0.05) is 30.3 Å². The molecule has 0 spiro atoms. The van der Waals surface area contributed by atoms with Crippen LogP contribution < -0.4 is 0 Å². The van der Waals surface area contributed by atoms with Gasteiger partial charge in [0.15, 0.2) is 12.6 Å². The topological polar surface area (TPSA) is 179 Å². The molecule has 2 aliphatic rings. The van der Waals surface area contributed by atoms with Gasteiger partial charge in [-0.25, -0.2) is 0 Å². The molecule has 11 heteroatoms. The zero-order valence-electron chi connectivity index (χ0n) is 16.0. The van der Waals surface area contributed by atoms with E-state index in [0.29, 0.717) is 0 Å². The summed E-state index contributed by atoms with van der Waals surface area (Å²) >= 11 is 0. The highest BCUT2D eigenvalue weighted by molar-refractivity contribution is 5.13. The molecule has 0 radical (unpaired) electrons. The van der Waals surface area contributed by atoms with Gasteiger partial charge >= 0.3 is 0 Å². The Hall–Kier alpha value is -1.22. The van der Waals surface area contributed by atoms with E-state index >= 15 is 0 Å². The Balaban J connectivity index is 1.61. The van der Waals surface area contributed by atoms with Gasteiger partial charge in [0.05, 0.1) is 19.8 Å². The van der Waals surface area contributed by atoms with Gasteiger partial charge in [-0.05, 0) is 5.56 Å². The SMILES string of the molecule is OC[C@H]1O[C@H](O[C@H]2O[C@H](COCc3ccccc3)[C@@H](O)[C@H](O)[C@H]2O)[C@H](O)[C@@H](O)[C@@H]1O. The van der Waals surface area contributed by atoms with Gasteiger partial charge in [0, 0.05) is 0 Å². The molecule has 0 unspecified atom stereocenters. The third kappa shape index (κ3) is 5.15. The highest BCUT2D eigenvalue weighted by Gasteiger charge is 2.49. The van der Waals surface area contributed by atoms with Crippen molar-refractivity contribution in [1.29, 1.82) is 0 Å². The average Bonchev–Trinajstić information content (AvgIpc) is 2.76. The number of ether oxygens (including phenoxy) is 4. The van der Waals surface area contributed by atoms with Crippen molar-refractivity contribution < 1.29 is 54.7 Å². The fourth-order valence-electron chi connectivity index (χ4n) is 3.35. The summed E-state index contributed by atoms with van der Waals surface area (Å²) in [5.41, 5.74) is 0.887. The lowest BCUT2D eigenvalue weighted by molar-refractivity contribution is -0.377. The molecule has 0 aromatic heterocycles. The molecule has 0 amide bonds. The Labute approximate surface area is 172 Å². The van der Waals surface area contributed by atoms with E-state index in [0.717, 1.165) is 5.56 Å². The van der Waals surface area contributed by atoms with Crippen LogP contribution in [0.5, 0.6) is 0 Å². The highest BCUT2D eigenvalue weighted by Crippen LogP contribution is 2.28. The average molecular weight is 432 g/mol. The van der Waals surface area contributed by atoms with Crippen molar-refractivity contribution in [2.45, 2.75) is 68.0 Å². The van der Waals surface area contributed by atoms with Crippen LogP contribution in [0.2, 0.25) is 0 Å². The first-order valence-corrected chi connectivity index (χ1v) is 9.60. The van der Waals surface area contributed by atoms with Crippen LogP contribution in [-0.4, -0.2) is 110 Å². The zero-order chi connectivity index (χ0) is 21.8. The van der Waals surface area contributed by atoms with Crippen molar-refractivity contribution in [3.63, 3.8) is 0 Å². The van der Waals surface area contributed by atoms with Gasteiger partial charge < -0.3 is 54.7 Å². The third-order valence-corrected chi connectivity index (χ3v) is 5.18. The number of benzene rings is 1. The Kier molecular flexibility index (Phi) is 8.12. The molecule has 0 saturated carbocycles. The van der Waals surface area contributed by atoms with E-state index in [2.05, 4.69) is 0 Å². The number of hydrogen-bond acceptors (Lipinski definition) is 11. The summed E-state index contributed by atoms with van der Waals surface area (Å²) < 4.78 is 21.6. The maximum absolute atomic E-state index is 10.2. The fraction of sp³-hybridized carbons (Fsp3) is 0.684. The quantitative estimate of drug-likeness (QED) is 0.231. The van der Waals surface area contributed by atoms with Crippen molar-refractivity contribution in [3.05, 3.63) is 35.9 Å². The monoisotopic (exact) mass is 432 g/mol. The van der Waals surface area contributed by atoms with Gasteiger partial charge in [0.2, 0.25) is 0 Å². The second kappa shape index (κ2) is 10.4. The minimum atomic E-state index is -1.71. The Morgan fingerprint density at radius 2 is 1.23 bits per heavy atom. The molecule has 1 aromatic rings. The highest BCUT2D eigenvalue weighted by atomic mass is 16.8. The Morgan fingerprint density at radius 1 is 0.700 bits per heavy atom. The van der Waals surface area contributed by atoms with Crippen LogP contribution in [0.25, 0.3) is 0 Å². The van der Waals surface area contributed by atoms with Crippen LogP contribution in [0, 0.1) is 0 Å². The first-order chi connectivity index (χ1) is 14.3. The van der Waals surface area contributed by atoms with E-state index in [1.807, 2.05) is 30.3 Å². The smallest absolute Gasteiger partial charge is 0.189 e. The largest absolute Gasteiger partial charge is 0.394 e. The van der Waals surface area contributed by atoms with E-state index in [-0.39, 0.29) is 13.2 Å². The van der Waals surface area contributed by atoms with E-state index in [1.165, 1.54) is 0 Å². The summed E-state index contributed by atoms with van der Waals surface area (Å²) in [5, 5.41) is 69.5. The second-order valence-corrected chi connectivity index (χ2v) is 7.35. The number of hydrogen-bond donors (Lipinski definition) is 7. The molecule has 0 bridgehead atoms. The van der Waals surface area contributed by atoms with E-state index in [4.69, 9.17) is 18.9 Å². The summed E-state index contributed by atoms with van der Waals surface area (Å²) in [5.74, 6) is 0. The lowest BCUT2D eigenvalue weighted by atomic mass is 9.98. The molecule has 3 rings (SSSR count). The minimum absolute atomic E-state index is 0.131. The van der Waals surface area contributed by atoms with Gasteiger partial charge in [0.25, 0.3) is 0 Å². The van der Waals surface area contributed by atoms with Crippen molar-refractivity contribution >= 4 is 0 Å². The molecular formula is C19H28O11. The van der Waals surface area contributed by atoms with Crippen molar-refractivity contribution in [1.82, 2.24) is 0 Å². The number of rotatable bonds is 7. The van der Waals surface area contributed by atoms with E-state index in [1.54, 1.807) is 0 Å². The molecule has 2 aliphatic heterocycles. The van der Waals surface area contributed by atoms with Gasteiger partial charge in [-0.2, -0.15) is 0 Å². The second-order valence-electron chi connectivity index (χ2n) is 7.35. The molecule has 2 fully saturated rings. The molecule has 2 heterocycles. The fourth-order valence-corrected chi connectivity index (χ4v) is 3.35. The normalized spacial score (nSPS) is 42.2. The maximum atomic E-state index is 10.2. The zero-order valence-corrected chi connectivity index (χ0v) is 16.0. The van der Waals surface area contributed by atoms with Crippen LogP contribution in [0.3, 0.4) is 0 Å². The summed E-state index contributed by atoms with van der Waals surface area (Å²) in [7, 11) is 0. The Bertz CT molecular complexity index is 645. The van der Waals surface area contributed by atoms with E-state index < -0.39 is 68.0 Å². The van der Waals surface area contributed by atoms with Gasteiger partial charge in [-0.3, -0.25) is 0 Å². The lowest BCUT2D eigenvalue weighted by Crippen LogP contribution is -2.63. The lowest BCUT2D eigenvalue weighted by Gasteiger charge is -2.44. The van der Waals surface area contributed by atoms with Crippen molar-refractivity contribution in [2.24, 2.45) is 0 Å². The van der Waals surface area contributed by atoms with Crippen LogP contribution in [-0.2, 0) is 25.6 Å². The van der Waals surface area contributed by atoms with Gasteiger partial charge in [-0.15, -0.1) is 0 Å². The molecule has 2 saturated heterocycles. The van der Waals surface area contributed by atoms with E-state index in [9.17, 15) is 35.7 Å². The van der Waals surface area contributed by atoms with Crippen LogP contribution in [0.4, 0.5) is 0 Å². The number of aliphatic hydroxyl groups is 7. The summed E-state index contributed by atoms with van der Waals surface area (Å²) in [6.07, 6.45) is -15.2. The minimum Gasteiger partial charge on any atom is -0.394 e. The molecule has 1 aromatic carbocycles. The third-order valence-electron chi connectivity index (χ3n) is 5.18. The van der Waals surface area contributed by atoms with Crippen molar-refractivity contribution in [2.75, 3.05) is 13.2 Å². The predicted octanol–water partition coefficient (Wildman–Crippen LogP) is -3.17. The molecular weight excluding hydrogens is 404 g/mol. The molecule has 7 N–H and O–H groups in total.